The lowest BCUT2D eigenvalue weighted by Crippen LogP contribution is -2.24. The highest BCUT2D eigenvalue weighted by Gasteiger charge is 2.30. The van der Waals surface area contributed by atoms with E-state index in [4.69, 9.17) is 4.74 Å². The number of Topliss-reactive ketones (excluding diaryl/α,β-unsaturated/α-hetero) is 1. The third-order valence-corrected chi connectivity index (χ3v) is 4.13. The second-order valence-electron chi connectivity index (χ2n) is 5.36. The molecule has 1 aromatic carbocycles. The minimum Gasteiger partial charge on any atom is -0.490 e. The predicted octanol–water partition coefficient (Wildman–Crippen LogP) is 2.37. The number of ketones is 2. The van der Waals surface area contributed by atoms with Crippen LogP contribution < -0.4 is 4.72 Å². The van der Waals surface area contributed by atoms with E-state index < -0.39 is 21.6 Å². The van der Waals surface area contributed by atoms with Crippen LogP contribution in [0.4, 0.5) is 5.69 Å². The van der Waals surface area contributed by atoms with E-state index >= 15 is 0 Å². The largest absolute Gasteiger partial charge is 0.490 e. The zero-order valence-corrected chi connectivity index (χ0v) is 14.1. The molecule has 2 rings (SSSR count). The highest BCUT2D eigenvalue weighted by Crippen LogP contribution is 2.33. The lowest BCUT2D eigenvalue weighted by atomic mass is 9.92. The quantitative estimate of drug-likeness (QED) is 0.805. The van der Waals surface area contributed by atoms with Crippen LogP contribution in [0.15, 0.2) is 24.3 Å². The second-order valence-corrected chi connectivity index (χ2v) is 7.11. The maximum absolute atomic E-state index is 12.2. The van der Waals surface area contributed by atoms with Crippen LogP contribution in [0.2, 0.25) is 0 Å². The van der Waals surface area contributed by atoms with E-state index in [0.717, 1.165) is 19.1 Å². The molecule has 23 heavy (non-hydrogen) atoms. The Labute approximate surface area is 135 Å². The van der Waals surface area contributed by atoms with Crippen molar-refractivity contribution < 1.29 is 22.7 Å². The van der Waals surface area contributed by atoms with Crippen molar-refractivity contribution in [3.63, 3.8) is 0 Å². The number of carbonyl (C=O) groups excluding carboxylic acids is 2. The van der Waals surface area contributed by atoms with Crippen LogP contribution in [0.3, 0.4) is 0 Å². The number of nitrogens with one attached hydrogen (secondary N) is 1. The number of carbonyl (C=O) groups is 2. The van der Waals surface area contributed by atoms with Crippen LogP contribution in [0, 0.1) is 0 Å². The summed E-state index contributed by atoms with van der Waals surface area (Å²) in [5.41, 5.74) is 0.545. The number of ether oxygens (including phenoxy) is 1. The molecule has 0 spiro atoms. The Kier molecular flexibility index (Phi) is 4.89. The molecule has 0 amide bonds. The summed E-state index contributed by atoms with van der Waals surface area (Å²) < 4.78 is 31.1. The van der Waals surface area contributed by atoms with Crippen molar-refractivity contribution in [2.24, 2.45) is 0 Å². The van der Waals surface area contributed by atoms with Crippen LogP contribution in [0.1, 0.15) is 42.6 Å². The number of rotatable bonds is 6. The lowest BCUT2D eigenvalue weighted by molar-refractivity contribution is -0.111. The third kappa shape index (κ3) is 3.79. The Morgan fingerprint density at radius 1 is 1.17 bits per heavy atom. The molecule has 6 nitrogen and oxygen atoms in total. The highest BCUT2D eigenvalue weighted by atomic mass is 32.2. The van der Waals surface area contributed by atoms with E-state index in [1.807, 2.05) is 13.8 Å². The first-order valence-corrected chi connectivity index (χ1v) is 9.24. The Hall–Kier alpha value is -2.15. The fourth-order valence-electron chi connectivity index (χ4n) is 2.41. The molecule has 0 unspecified atom stereocenters. The number of sulfonamides is 1. The maximum atomic E-state index is 12.2. The summed E-state index contributed by atoms with van der Waals surface area (Å²) in [4.78, 5) is 24.2. The van der Waals surface area contributed by atoms with Crippen LogP contribution in [-0.2, 0) is 19.6 Å². The zero-order valence-electron chi connectivity index (χ0n) is 13.3. The van der Waals surface area contributed by atoms with Gasteiger partial charge in [0.25, 0.3) is 0 Å². The summed E-state index contributed by atoms with van der Waals surface area (Å²) in [6, 6.07) is 4.70. The Morgan fingerprint density at radius 3 is 2.39 bits per heavy atom. The van der Waals surface area contributed by atoms with Crippen molar-refractivity contribution in [1.29, 1.82) is 0 Å². The van der Waals surface area contributed by atoms with Gasteiger partial charge in [-0.1, -0.05) is 26.0 Å². The topological polar surface area (TPSA) is 89.5 Å². The summed E-state index contributed by atoms with van der Waals surface area (Å²) in [6.45, 7) is 3.93. The smallest absolute Gasteiger partial charge is 0.235 e. The number of anilines is 1. The van der Waals surface area contributed by atoms with Gasteiger partial charge in [0, 0.05) is 11.6 Å². The van der Waals surface area contributed by atoms with Crippen molar-refractivity contribution in [1.82, 2.24) is 0 Å². The third-order valence-electron chi connectivity index (χ3n) is 3.54. The van der Waals surface area contributed by atoms with Gasteiger partial charge < -0.3 is 4.74 Å². The molecule has 0 atom stereocenters. The van der Waals surface area contributed by atoms with E-state index in [0.29, 0.717) is 11.3 Å². The molecule has 0 bridgehead atoms. The van der Waals surface area contributed by atoms with Crippen LogP contribution in [0.5, 0.6) is 0 Å². The molecule has 0 fully saturated rings. The average Bonchev–Trinajstić information content (AvgIpc) is 2.47. The molecule has 1 aliphatic rings. The number of allylic oxidation sites excluding steroid dienone is 1. The van der Waals surface area contributed by atoms with Gasteiger partial charge in [0.05, 0.1) is 23.6 Å². The van der Waals surface area contributed by atoms with Crippen LogP contribution in [-0.4, -0.2) is 32.3 Å². The molecule has 1 N–H and O–H groups in total. The van der Waals surface area contributed by atoms with Gasteiger partial charge in [-0.3, -0.25) is 14.3 Å². The van der Waals surface area contributed by atoms with Crippen molar-refractivity contribution in [3.8, 4) is 0 Å². The molecule has 0 saturated heterocycles. The standard InChI is InChI=1S/C16H19NO5S/c1-4-10(5-2)22-14-9-13(18)16(19)15-11(14)7-6-8-12(15)17-23(3,20)21/h6-10,17H,4-5H2,1-3H3. The first-order chi connectivity index (χ1) is 10.8. The van der Waals surface area contributed by atoms with Gasteiger partial charge in [-0.2, -0.15) is 0 Å². The van der Waals surface area contributed by atoms with Crippen LogP contribution >= 0.6 is 0 Å². The number of benzene rings is 1. The molecule has 7 heteroatoms. The minimum absolute atomic E-state index is 0.0337. The molecular formula is C16H19NO5S. The van der Waals surface area contributed by atoms with E-state index in [2.05, 4.69) is 4.72 Å². The second kappa shape index (κ2) is 6.54. The van der Waals surface area contributed by atoms with Gasteiger partial charge in [0.2, 0.25) is 21.6 Å². The number of fused-ring (bicyclic) bond motifs is 1. The fourth-order valence-corrected chi connectivity index (χ4v) is 2.97. The SMILES string of the molecule is CCC(CC)OC1=CC(=O)C(=O)c2c(NS(C)(=O)=O)cccc21. The maximum Gasteiger partial charge on any atom is 0.235 e. The fraction of sp³-hybridized carbons (Fsp3) is 0.375. The molecule has 0 heterocycles. The van der Waals surface area contributed by atoms with Crippen molar-refractivity contribution in [2.75, 3.05) is 11.0 Å². The summed E-state index contributed by atoms with van der Waals surface area (Å²) >= 11 is 0. The number of hydrogen-bond acceptors (Lipinski definition) is 5. The summed E-state index contributed by atoms with van der Waals surface area (Å²) in [5.74, 6) is -1.17. The molecule has 1 aliphatic carbocycles. The van der Waals surface area contributed by atoms with Gasteiger partial charge >= 0.3 is 0 Å². The molecule has 0 aromatic heterocycles. The summed E-state index contributed by atoms with van der Waals surface area (Å²) in [5, 5.41) is 0. The summed E-state index contributed by atoms with van der Waals surface area (Å²) in [7, 11) is -3.58. The van der Waals surface area contributed by atoms with E-state index in [1.54, 1.807) is 12.1 Å². The molecular weight excluding hydrogens is 318 g/mol. The first kappa shape index (κ1) is 17.2. The molecule has 0 saturated carbocycles. The van der Waals surface area contributed by atoms with E-state index in [-0.39, 0.29) is 17.4 Å². The summed E-state index contributed by atoms with van der Waals surface area (Å²) in [6.07, 6.45) is 3.59. The minimum atomic E-state index is -3.58. The van der Waals surface area contributed by atoms with Crippen molar-refractivity contribution in [2.45, 2.75) is 32.8 Å². The Morgan fingerprint density at radius 2 is 1.83 bits per heavy atom. The highest BCUT2D eigenvalue weighted by molar-refractivity contribution is 7.92. The van der Waals surface area contributed by atoms with E-state index in [1.165, 1.54) is 12.1 Å². The van der Waals surface area contributed by atoms with Gasteiger partial charge in [-0.15, -0.1) is 0 Å². The Balaban J connectivity index is 2.54. The van der Waals surface area contributed by atoms with Gasteiger partial charge in [-0.25, -0.2) is 8.42 Å². The van der Waals surface area contributed by atoms with Crippen molar-refractivity contribution in [3.05, 3.63) is 35.4 Å². The Bertz CT molecular complexity index is 776. The van der Waals surface area contributed by atoms with Crippen LogP contribution in [0.25, 0.3) is 5.76 Å². The molecule has 0 aliphatic heterocycles. The zero-order chi connectivity index (χ0) is 17.2. The first-order valence-electron chi connectivity index (χ1n) is 7.35. The van der Waals surface area contributed by atoms with Gasteiger partial charge in [0.1, 0.15) is 5.76 Å². The van der Waals surface area contributed by atoms with E-state index in [9.17, 15) is 18.0 Å². The van der Waals surface area contributed by atoms with Gasteiger partial charge in [-0.05, 0) is 18.9 Å². The monoisotopic (exact) mass is 337 g/mol. The predicted molar refractivity (Wildman–Crippen MR) is 87.7 cm³/mol. The average molecular weight is 337 g/mol. The number of hydrogen-bond donors (Lipinski definition) is 1. The van der Waals surface area contributed by atoms with Gasteiger partial charge in [0.15, 0.2) is 0 Å². The lowest BCUT2D eigenvalue weighted by Gasteiger charge is -2.23. The van der Waals surface area contributed by atoms with Crippen molar-refractivity contribution >= 4 is 33.0 Å². The molecule has 0 radical (unpaired) electrons. The molecule has 1 aromatic rings. The molecule has 124 valence electrons. The normalized spacial score (nSPS) is 14.5.